The summed E-state index contributed by atoms with van der Waals surface area (Å²) >= 11 is 0. The van der Waals surface area contributed by atoms with Crippen molar-refractivity contribution in [1.29, 1.82) is 0 Å². The lowest BCUT2D eigenvalue weighted by atomic mass is 9.94. The second-order valence-electron chi connectivity index (χ2n) is 12.2. The van der Waals surface area contributed by atoms with Crippen molar-refractivity contribution in [3.05, 3.63) is 155 Å². The van der Waals surface area contributed by atoms with Crippen molar-refractivity contribution in [2.45, 2.75) is 33.2 Å². The van der Waals surface area contributed by atoms with Crippen molar-refractivity contribution >= 4 is 22.2 Å². The van der Waals surface area contributed by atoms with Crippen LogP contribution >= 0.6 is 0 Å². The number of nitrogens with zero attached hydrogens (tertiary/aromatic N) is 3. The zero-order valence-corrected chi connectivity index (χ0v) is 28.4. The molecule has 3 heterocycles. The van der Waals surface area contributed by atoms with Crippen molar-refractivity contribution in [2.24, 2.45) is 0 Å². The van der Waals surface area contributed by atoms with E-state index in [-0.39, 0.29) is 5.82 Å². The maximum absolute atomic E-state index is 14.9. The highest BCUT2D eigenvalue weighted by Gasteiger charge is 2.18. The Bertz CT molecular complexity index is 1970. The lowest BCUT2D eigenvalue weighted by Crippen LogP contribution is -2.16. The van der Waals surface area contributed by atoms with Gasteiger partial charge in [-0.05, 0) is 117 Å². The van der Waals surface area contributed by atoms with Gasteiger partial charge in [0.15, 0.2) is 0 Å². The number of fused-ring (bicyclic) bond motifs is 1. The molecule has 0 amide bonds. The van der Waals surface area contributed by atoms with Crippen molar-refractivity contribution in [1.82, 2.24) is 30.4 Å². The first-order valence-electron chi connectivity index (χ1n) is 16.4. The predicted octanol–water partition coefficient (Wildman–Crippen LogP) is 8.82. The van der Waals surface area contributed by atoms with Crippen LogP contribution in [-0.4, -0.2) is 52.3 Å². The maximum Gasteiger partial charge on any atom is 0.135 e. The number of aromatic amines is 2. The van der Waals surface area contributed by atoms with E-state index in [1.54, 1.807) is 18.2 Å². The fourth-order valence-electron chi connectivity index (χ4n) is 5.86. The molecule has 0 aliphatic heterocycles. The molecule has 0 saturated heterocycles. The molecule has 0 saturated carbocycles. The third kappa shape index (κ3) is 8.42. The zero-order valence-electron chi connectivity index (χ0n) is 28.4. The van der Waals surface area contributed by atoms with Crippen LogP contribution in [0.15, 0.2) is 116 Å². The fourth-order valence-corrected chi connectivity index (χ4v) is 5.86. The van der Waals surface area contributed by atoms with E-state index in [4.69, 9.17) is 4.98 Å². The lowest BCUT2D eigenvalue weighted by Gasteiger charge is -2.12. The average molecular weight is 641 g/mol. The number of rotatable bonds is 15. The van der Waals surface area contributed by atoms with Gasteiger partial charge in [-0.25, -0.2) is 9.37 Å². The van der Waals surface area contributed by atoms with Crippen LogP contribution < -0.4 is 5.32 Å². The molecule has 7 heteroatoms. The Morgan fingerprint density at radius 2 is 1.83 bits per heavy atom. The number of hydrogen-bond donors (Lipinski definition) is 3. The molecule has 0 atom stereocenters. The Morgan fingerprint density at radius 1 is 1.02 bits per heavy atom. The zero-order chi connectivity index (χ0) is 34.0. The summed E-state index contributed by atoms with van der Waals surface area (Å²) in [6, 6.07) is 21.7. The molecule has 0 bridgehead atoms. The van der Waals surface area contributed by atoms with Gasteiger partial charge in [-0.15, -0.1) is 0 Å². The van der Waals surface area contributed by atoms with Crippen LogP contribution in [0, 0.1) is 12.7 Å². The summed E-state index contributed by atoms with van der Waals surface area (Å²) in [5.41, 5.74) is 11.9. The summed E-state index contributed by atoms with van der Waals surface area (Å²) < 4.78 is 14.9. The molecule has 5 aromatic rings. The monoisotopic (exact) mass is 640 g/mol. The topological polar surface area (TPSA) is 72.6 Å². The van der Waals surface area contributed by atoms with Gasteiger partial charge in [-0.3, -0.25) is 5.10 Å². The number of aryl methyl sites for hydroxylation is 2. The molecule has 6 nitrogen and oxygen atoms in total. The summed E-state index contributed by atoms with van der Waals surface area (Å²) in [5, 5.41) is 11.3. The molecule has 3 N–H and O–H groups in total. The Balaban J connectivity index is 1.43. The van der Waals surface area contributed by atoms with Crippen LogP contribution in [0.3, 0.4) is 0 Å². The Hall–Kier alpha value is -5.11. The van der Waals surface area contributed by atoms with Crippen molar-refractivity contribution < 1.29 is 4.39 Å². The van der Waals surface area contributed by atoms with Gasteiger partial charge >= 0.3 is 0 Å². The molecule has 0 unspecified atom stereocenters. The average Bonchev–Trinajstić information content (AvgIpc) is 3.68. The fraction of sp³-hybridized carbons (Fsp3) is 0.220. The van der Waals surface area contributed by atoms with Crippen LogP contribution in [0.25, 0.3) is 33.6 Å². The van der Waals surface area contributed by atoms with Gasteiger partial charge in [-0.1, -0.05) is 73.9 Å². The highest BCUT2D eigenvalue weighted by Crippen LogP contribution is 2.33. The van der Waals surface area contributed by atoms with Gasteiger partial charge in [0.1, 0.15) is 17.0 Å². The van der Waals surface area contributed by atoms with Gasteiger partial charge < -0.3 is 15.2 Å². The number of halogens is 1. The van der Waals surface area contributed by atoms with Crippen molar-refractivity contribution in [3.8, 4) is 11.4 Å². The highest BCUT2D eigenvalue weighted by atomic mass is 19.1. The number of aromatic nitrogens is 4. The number of benzene rings is 2. The first-order valence-corrected chi connectivity index (χ1v) is 16.4. The number of H-pyrrole nitrogens is 2. The summed E-state index contributed by atoms with van der Waals surface area (Å²) in [7, 11) is 4.10. The number of allylic oxidation sites excluding steroid dienone is 5. The molecule has 2 aromatic carbocycles. The minimum absolute atomic E-state index is 0.244. The first kappa shape index (κ1) is 34.2. The summed E-state index contributed by atoms with van der Waals surface area (Å²) in [6.07, 6.45) is 11.5. The van der Waals surface area contributed by atoms with Crippen LogP contribution in [0.5, 0.6) is 0 Å². The van der Waals surface area contributed by atoms with Crippen molar-refractivity contribution in [2.75, 3.05) is 27.2 Å². The normalized spacial score (nSPS) is 12.7. The van der Waals surface area contributed by atoms with Crippen LogP contribution in [-0.2, 0) is 13.0 Å². The highest BCUT2D eigenvalue weighted by molar-refractivity contribution is 5.92. The summed E-state index contributed by atoms with van der Waals surface area (Å²) in [4.78, 5) is 10.7. The molecule has 3 aromatic heterocycles. The Kier molecular flexibility index (Phi) is 11.5. The van der Waals surface area contributed by atoms with Crippen LogP contribution in [0.4, 0.5) is 4.39 Å². The van der Waals surface area contributed by atoms with Gasteiger partial charge in [-0.2, -0.15) is 5.10 Å². The molecular weight excluding hydrogens is 595 g/mol. The first-order chi connectivity index (χ1) is 23.3. The third-order valence-electron chi connectivity index (χ3n) is 8.30. The van der Waals surface area contributed by atoms with E-state index in [2.05, 4.69) is 89.1 Å². The molecular formula is C41H45FN6. The van der Waals surface area contributed by atoms with Crippen LogP contribution in [0.1, 0.15) is 47.0 Å². The molecule has 0 radical (unpaired) electrons. The smallest absolute Gasteiger partial charge is 0.135 e. The Morgan fingerprint density at radius 3 is 2.56 bits per heavy atom. The predicted molar refractivity (Wildman–Crippen MR) is 199 cm³/mol. The minimum Gasteiger partial charge on any atom is -0.357 e. The lowest BCUT2D eigenvalue weighted by molar-refractivity contribution is 0.400. The third-order valence-corrected chi connectivity index (χ3v) is 8.30. The molecule has 0 aliphatic carbocycles. The minimum atomic E-state index is -0.244. The second-order valence-corrected chi connectivity index (χ2v) is 12.2. The number of hydrogen-bond acceptors (Lipinski definition) is 4. The molecule has 246 valence electrons. The van der Waals surface area contributed by atoms with Gasteiger partial charge in [0.2, 0.25) is 0 Å². The maximum atomic E-state index is 14.9. The van der Waals surface area contributed by atoms with E-state index in [1.165, 1.54) is 5.56 Å². The summed E-state index contributed by atoms with van der Waals surface area (Å²) in [6.45, 7) is 14.4. The van der Waals surface area contributed by atoms with Crippen LogP contribution in [0.2, 0.25) is 0 Å². The molecule has 5 rings (SSSR count). The summed E-state index contributed by atoms with van der Waals surface area (Å²) in [5.74, 6) is -0.244. The molecule has 0 fully saturated rings. The Labute approximate surface area is 283 Å². The van der Waals surface area contributed by atoms with E-state index in [1.807, 2.05) is 56.3 Å². The number of pyridine rings is 1. The van der Waals surface area contributed by atoms with Crippen molar-refractivity contribution in [3.63, 3.8) is 0 Å². The SMILES string of the molecule is C=C/C=C(/c1cc(F)cc(CCCN(C)C)c1)c1cc(-c2n[nH]c3ccc(C(/C=C(\C=C)CNCc4ccccc4)=C/C)nc23)[nH]c1C. The van der Waals surface area contributed by atoms with E-state index >= 15 is 0 Å². The number of nitrogens with one attached hydrogen (secondary N) is 3. The molecule has 0 spiro atoms. The second kappa shape index (κ2) is 16.1. The quantitative estimate of drug-likeness (QED) is 0.100. The van der Waals surface area contributed by atoms with Gasteiger partial charge in [0, 0.05) is 24.3 Å². The van der Waals surface area contributed by atoms with E-state index < -0.39 is 0 Å². The van der Waals surface area contributed by atoms with E-state index in [0.717, 1.165) is 93.1 Å². The molecule has 0 aliphatic rings. The van der Waals surface area contributed by atoms with E-state index in [9.17, 15) is 4.39 Å². The van der Waals surface area contributed by atoms with E-state index in [0.29, 0.717) is 6.54 Å². The van der Waals surface area contributed by atoms with Gasteiger partial charge in [0.25, 0.3) is 0 Å². The standard InChI is InChI=1S/C41H45FN6/c1-7-14-35(33-22-31(23-34(42)24-33)17-13-20-48(5)6)36-25-39(44-28(36)4)41-40-38(46-47-41)19-18-37(45-40)32(9-3)21-29(8-2)26-43-27-30-15-11-10-12-16-30/h7-12,14-16,18-19,21-25,43-44H,1-2,13,17,20,26-27H2,3-6H3,(H,46,47)/b29-21+,32-9+,35-14-. The largest absolute Gasteiger partial charge is 0.357 e. The molecule has 48 heavy (non-hydrogen) atoms. The van der Waals surface area contributed by atoms with Gasteiger partial charge in [0.05, 0.1) is 16.9 Å².